The standard InChI is InChI=1S/C17H26N4/c1-6-21-16(11-13(2)19-21)12-17(18-3)14-7-9-15(10-8-14)20(4)5/h7-11,17-18H,6,12H2,1-5H3. The van der Waals surface area contributed by atoms with Crippen molar-refractivity contribution < 1.29 is 0 Å². The summed E-state index contributed by atoms with van der Waals surface area (Å²) < 4.78 is 2.09. The van der Waals surface area contributed by atoms with E-state index in [0.717, 1.165) is 18.7 Å². The fraction of sp³-hybridized carbons (Fsp3) is 0.471. The quantitative estimate of drug-likeness (QED) is 0.886. The summed E-state index contributed by atoms with van der Waals surface area (Å²) >= 11 is 0. The molecule has 0 aliphatic carbocycles. The number of nitrogens with zero attached hydrogens (tertiary/aromatic N) is 3. The van der Waals surface area contributed by atoms with Crippen LogP contribution in [0.15, 0.2) is 30.3 Å². The maximum Gasteiger partial charge on any atom is 0.0596 e. The van der Waals surface area contributed by atoms with Gasteiger partial charge in [-0.15, -0.1) is 0 Å². The van der Waals surface area contributed by atoms with Gasteiger partial charge >= 0.3 is 0 Å². The van der Waals surface area contributed by atoms with Crippen molar-refractivity contribution in [2.24, 2.45) is 0 Å². The average Bonchev–Trinajstić information content (AvgIpc) is 2.84. The first-order valence-corrected chi connectivity index (χ1v) is 7.53. The van der Waals surface area contributed by atoms with Crippen LogP contribution in [0.1, 0.15) is 29.9 Å². The van der Waals surface area contributed by atoms with Gasteiger partial charge in [0.1, 0.15) is 0 Å². The molecule has 1 heterocycles. The predicted octanol–water partition coefficient (Wildman–Crippen LogP) is 2.78. The van der Waals surface area contributed by atoms with Crippen molar-refractivity contribution in [1.82, 2.24) is 15.1 Å². The van der Waals surface area contributed by atoms with E-state index < -0.39 is 0 Å². The molecule has 2 rings (SSSR count). The van der Waals surface area contributed by atoms with Gasteiger partial charge in [-0.05, 0) is 44.7 Å². The van der Waals surface area contributed by atoms with E-state index in [-0.39, 0.29) is 0 Å². The van der Waals surface area contributed by atoms with Crippen LogP contribution in [-0.2, 0) is 13.0 Å². The van der Waals surface area contributed by atoms with Gasteiger partial charge in [0.15, 0.2) is 0 Å². The smallest absolute Gasteiger partial charge is 0.0596 e. The Morgan fingerprint density at radius 3 is 2.43 bits per heavy atom. The summed E-state index contributed by atoms with van der Waals surface area (Å²) in [5, 5.41) is 7.95. The van der Waals surface area contributed by atoms with Crippen molar-refractivity contribution in [1.29, 1.82) is 0 Å². The van der Waals surface area contributed by atoms with E-state index in [9.17, 15) is 0 Å². The van der Waals surface area contributed by atoms with E-state index in [1.807, 2.05) is 7.05 Å². The highest BCUT2D eigenvalue weighted by Crippen LogP contribution is 2.21. The van der Waals surface area contributed by atoms with Gasteiger partial charge in [0.25, 0.3) is 0 Å². The zero-order chi connectivity index (χ0) is 15.4. The summed E-state index contributed by atoms with van der Waals surface area (Å²) in [6.45, 7) is 5.10. The number of rotatable bonds is 6. The fourth-order valence-corrected chi connectivity index (χ4v) is 2.64. The Morgan fingerprint density at radius 2 is 1.90 bits per heavy atom. The minimum absolute atomic E-state index is 0.308. The fourth-order valence-electron chi connectivity index (χ4n) is 2.64. The third-order valence-corrected chi connectivity index (χ3v) is 3.86. The molecule has 0 spiro atoms. The summed E-state index contributed by atoms with van der Waals surface area (Å²) in [6.07, 6.45) is 0.951. The van der Waals surface area contributed by atoms with E-state index in [0.29, 0.717) is 6.04 Å². The van der Waals surface area contributed by atoms with Gasteiger partial charge in [-0.25, -0.2) is 0 Å². The molecule has 21 heavy (non-hydrogen) atoms. The van der Waals surface area contributed by atoms with Gasteiger partial charge in [-0.3, -0.25) is 4.68 Å². The molecule has 0 saturated heterocycles. The number of likely N-dealkylation sites (N-methyl/N-ethyl adjacent to an activating group) is 1. The highest BCUT2D eigenvalue weighted by molar-refractivity contribution is 5.46. The van der Waals surface area contributed by atoms with E-state index in [2.05, 4.69) is 78.3 Å². The lowest BCUT2D eigenvalue weighted by Gasteiger charge is -2.19. The van der Waals surface area contributed by atoms with Crippen LogP contribution < -0.4 is 10.2 Å². The lowest BCUT2D eigenvalue weighted by Crippen LogP contribution is -2.20. The first kappa shape index (κ1) is 15.6. The number of benzene rings is 1. The predicted molar refractivity (Wildman–Crippen MR) is 88.9 cm³/mol. The Bertz CT molecular complexity index is 569. The molecule has 1 atom stereocenters. The van der Waals surface area contributed by atoms with Crippen LogP contribution in [0.4, 0.5) is 5.69 Å². The number of anilines is 1. The SMILES string of the molecule is CCn1nc(C)cc1CC(NC)c1ccc(N(C)C)cc1. The molecule has 4 nitrogen and oxygen atoms in total. The molecule has 1 N–H and O–H groups in total. The molecule has 0 fully saturated rings. The first-order valence-electron chi connectivity index (χ1n) is 7.53. The van der Waals surface area contributed by atoms with Gasteiger partial charge in [-0.1, -0.05) is 12.1 Å². The van der Waals surface area contributed by atoms with Crippen LogP contribution >= 0.6 is 0 Å². The molecule has 1 aromatic heterocycles. The monoisotopic (exact) mass is 286 g/mol. The highest BCUT2D eigenvalue weighted by atomic mass is 15.3. The lowest BCUT2D eigenvalue weighted by atomic mass is 10.0. The lowest BCUT2D eigenvalue weighted by molar-refractivity contribution is 0.541. The van der Waals surface area contributed by atoms with Crippen molar-refractivity contribution in [3.05, 3.63) is 47.3 Å². The summed E-state index contributed by atoms with van der Waals surface area (Å²) in [4.78, 5) is 2.12. The van der Waals surface area contributed by atoms with E-state index in [1.54, 1.807) is 0 Å². The second-order valence-electron chi connectivity index (χ2n) is 5.62. The van der Waals surface area contributed by atoms with Gasteiger partial charge < -0.3 is 10.2 Å². The van der Waals surface area contributed by atoms with Gasteiger partial charge in [0, 0.05) is 44.5 Å². The molecule has 114 valence electrons. The molecule has 0 amide bonds. The van der Waals surface area contributed by atoms with E-state index in [4.69, 9.17) is 0 Å². The zero-order valence-corrected chi connectivity index (χ0v) is 13.7. The highest BCUT2D eigenvalue weighted by Gasteiger charge is 2.14. The molecule has 0 radical (unpaired) electrons. The molecule has 1 unspecified atom stereocenters. The Hall–Kier alpha value is -1.81. The Labute approximate surface area is 127 Å². The normalized spacial score (nSPS) is 12.4. The van der Waals surface area contributed by atoms with Crippen LogP contribution in [0, 0.1) is 6.92 Å². The molecule has 0 aliphatic rings. The van der Waals surface area contributed by atoms with E-state index in [1.165, 1.54) is 16.9 Å². The number of aromatic nitrogens is 2. The summed E-state index contributed by atoms with van der Waals surface area (Å²) in [5.74, 6) is 0. The Kier molecular flexibility index (Phi) is 5.02. The Balaban J connectivity index is 2.19. The van der Waals surface area contributed by atoms with Crippen molar-refractivity contribution in [2.75, 3.05) is 26.0 Å². The van der Waals surface area contributed by atoms with Gasteiger partial charge in [-0.2, -0.15) is 5.10 Å². The maximum absolute atomic E-state index is 4.53. The first-order chi connectivity index (χ1) is 10.0. The molecule has 2 aromatic rings. The summed E-state index contributed by atoms with van der Waals surface area (Å²) in [7, 11) is 6.14. The van der Waals surface area contributed by atoms with Crippen molar-refractivity contribution in [3.63, 3.8) is 0 Å². The molecule has 0 saturated carbocycles. The third kappa shape index (κ3) is 3.64. The molecular formula is C17H26N4. The van der Waals surface area contributed by atoms with Crippen LogP contribution in [-0.4, -0.2) is 30.9 Å². The van der Waals surface area contributed by atoms with Gasteiger partial charge in [0.05, 0.1) is 5.69 Å². The molecule has 4 heteroatoms. The van der Waals surface area contributed by atoms with Crippen molar-refractivity contribution in [3.8, 4) is 0 Å². The minimum Gasteiger partial charge on any atom is -0.378 e. The average molecular weight is 286 g/mol. The molecule has 0 aliphatic heterocycles. The maximum atomic E-state index is 4.53. The second kappa shape index (κ2) is 6.76. The Morgan fingerprint density at radius 1 is 1.24 bits per heavy atom. The van der Waals surface area contributed by atoms with Crippen LogP contribution in [0.5, 0.6) is 0 Å². The number of hydrogen-bond acceptors (Lipinski definition) is 3. The van der Waals surface area contributed by atoms with Gasteiger partial charge in [0.2, 0.25) is 0 Å². The second-order valence-corrected chi connectivity index (χ2v) is 5.62. The largest absolute Gasteiger partial charge is 0.378 e. The molecule has 0 bridgehead atoms. The van der Waals surface area contributed by atoms with Crippen molar-refractivity contribution >= 4 is 5.69 Å². The number of hydrogen-bond donors (Lipinski definition) is 1. The number of aryl methyl sites for hydroxylation is 2. The van der Waals surface area contributed by atoms with Crippen molar-refractivity contribution in [2.45, 2.75) is 32.9 Å². The summed E-state index contributed by atoms with van der Waals surface area (Å²) in [6, 6.07) is 11.2. The topological polar surface area (TPSA) is 33.1 Å². The molecule has 1 aromatic carbocycles. The van der Waals surface area contributed by atoms with E-state index >= 15 is 0 Å². The zero-order valence-electron chi connectivity index (χ0n) is 13.7. The summed E-state index contributed by atoms with van der Waals surface area (Å²) in [5.41, 5.74) is 4.91. The molecular weight excluding hydrogens is 260 g/mol. The van der Waals surface area contributed by atoms with Crippen LogP contribution in [0.25, 0.3) is 0 Å². The number of nitrogens with one attached hydrogen (secondary N) is 1. The third-order valence-electron chi connectivity index (χ3n) is 3.86. The van der Waals surface area contributed by atoms with Crippen LogP contribution in [0.2, 0.25) is 0 Å². The van der Waals surface area contributed by atoms with Crippen LogP contribution in [0.3, 0.4) is 0 Å². The minimum atomic E-state index is 0.308.